The predicted octanol–water partition coefficient (Wildman–Crippen LogP) is 3.27. The topological polar surface area (TPSA) is 58.1 Å². The van der Waals surface area contributed by atoms with Gasteiger partial charge in [0.2, 0.25) is 0 Å². The summed E-state index contributed by atoms with van der Waals surface area (Å²) in [5.74, 6) is 0.533. The largest absolute Gasteiger partial charge is 0.358 e. The number of carbonyl (C=O) groups excluding carboxylic acids is 1. The van der Waals surface area contributed by atoms with Gasteiger partial charge in [-0.3, -0.25) is 4.79 Å². The Labute approximate surface area is 131 Å². The Morgan fingerprint density at radius 2 is 1.95 bits per heavy atom. The number of nitrogens with one attached hydrogen (secondary N) is 1. The zero-order valence-electron chi connectivity index (χ0n) is 13.3. The second-order valence-electron chi connectivity index (χ2n) is 5.32. The molecular formula is C17H22N4O. The number of hydrogen-bond donors (Lipinski definition) is 1. The minimum atomic E-state index is -0.246. The van der Waals surface area contributed by atoms with Crippen LogP contribution < -0.4 is 10.2 Å². The van der Waals surface area contributed by atoms with Crippen LogP contribution in [0, 0.1) is 6.92 Å². The molecule has 2 rings (SSSR count). The number of rotatable bonds is 6. The molecule has 1 aromatic heterocycles. The van der Waals surface area contributed by atoms with E-state index in [-0.39, 0.29) is 5.91 Å². The van der Waals surface area contributed by atoms with E-state index in [0.717, 1.165) is 36.5 Å². The van der Waals surface area contributed by atoms with Gasteiger partial charge in [0.05, 0.1) is 0 Å². The molecule has 0 aliphatic rings. The molecule has 1 amide bonds. The summed E-state index contributed by atoms with van der Waals surface area (Å²) in [6, 6.07) is 11.2. The van der Waals surface area contributed by atoms with E-state index in [0.29, 0.717) is 5.69 Å². The lowest BCUT2D eigenvalue weighted by Crippen LogP contribution is -2.21. The first-order valence-electron chi connectivity index (χ1n) is 7.53. The van der Waals surface area contributed by atoms with Crippen molar-refractivity contribution in [2.75, 3.05) is 23.8 Å². The van der Waals surface area contributed by atoms with Crippen molar-refractivity contribution in [3.05, 3.63) is 47.7 Å². The Bertz CT molecular complexity index is 625. The van der Waals surface area contributed by atoms with Gasteiger partial charge in [-0.25, -0.2) is 0 Å². The first-order chi connectivity index (χ1) is 10.6. The van der Waals surface area contributed by atoms with E-state index >= 15 is 0 Å². The molecule has 0 unspecified atom stereocenters. The van der Waals surface area contributed by atoms with Gasteiger partial charge in [0.25, 0.3) is 5.91 Å². The van der Waals surface area contributed by atoms with Crippen LogP contribution in [0.1, 0.15) is 35.8 Å². The number of unbranched alkanes of at least 4 members (excludes halogenated alkanes) is 1. The third kappa shape index (κ3) is 4.04. The van der Waals surface area contributed by atoms with Crippen molar-refractivity contribution in [3.63, 3.8) is 0 Å². The molecule has 1 heterocycles. The quantitative estimate of drug-likeness (QED) is 0.889. The number of hydrogen-bond acceptors (Lipinski definition) is 4. The highest BCUT2D eigenvalue weighted by Crippen LogP contribution is 2.15. The summed E-state index contributed by atoms with van der Waals surface area (Å²) in [6.45, 7) is 5.03. The minimum absolute atomic E-state index is 0.246. The molecule has 0 fully saturated rings. The molecule has 0 aliphatic heterocycles. The molecule has 0 atom stereocenters. The summed E-state index contributed by atoms with van der Waals surface area (Å²) in [7, 11) is 1.98. The van der Waals surface area contributed by atoms with Gasteiger partial charge in [0.1, 0.15) is 0 Å². The SMILES string of the molecule is CCCCN(C)c1ccc(C(=O)Nc2ccccc2C)nn1. The number of carbonyl (C=O) groups is 1. The molecule has 2 aromatic rings. The summed E-state index contributed by atoms with van der Waals surface area (Å²) in [4.78, 5) is 14.2. The zero-order chi connectivity index (χ0) is 15.9. The van der Waals surface area contributed by atoms with Crippen LogP contribution in [0.3, 0.4) is 0 Å². The van der Waals surface area contributed by atoms with Crippen LogP contribution in [0.25, 0.3) is 0 Å². The average Bonchev–Trinajstić information content (AvgIpc) is 2.55. The van der Waals surface area contributed by atoms with Gasteiger partial charge in [-0.15, -0.1) is 10.2 Å². The van der Waals surface area contributed by atoms with E-state index in [9.17, 15) is 4.79 Å². The van der Waals surface area contributed by atoms with Crippen LogP contribution in [-0.2, 0) is 0 Å². The molecule has 0 radical (unpaired) electrons. The van der Waals surface area contributed by atoms with Crippen molar-refractivity contribution < 1.29 is 4.79 Å². The maximum absolute atomic E-state index is 12.2. The third-order valence-corrected chi connectivity index (χ3v) is 3.51. The van der Waals surface area contributed by atoms with Gasteiger partial charge < -0.3 is 10.2 Å². The highest BCUT2D eigenvalue weighted by Gasteiger charge is 2.11. The Kier molecular flexibility index (Phi) is 5.47. The Morgan fingerprint density at radius 3 is 2.59 bits per heavy atom. The summed E-state index contributed by atoms with van der Waals surface area (Å²) < 4.78 is 0. The molecule has 5 nitrogen and oxygen atoms in total. The third-order valence-electron chi connectivity index (χ3n) is 3.51. The van der Waals surface area contributed by atoms with Gasteiger partial charge >= 0.3 is 0 Å². The van der Waals surface area contributed by atoms with Crippen molar-refractivity contribution in [2.45, 2.75) is 26.7 Å². The second kappa shape index (κ2) is 7.54. The average molecular weight is 298 g/mol. The lowest BCUT2D eigenvalue weighted by atomic mass is 10.2. The summed E-state index contributed by atoms with van der Waals surface area (Å²) in [6.07, 6.45) is 2.24. The fraction of sp³-hybridized carbons (Fsp3) is 0.353. The van der Waals surface area contributed by atoms with Gasteiger partial charge in [-0.1, -0.05) is 31.5 Å². The fourth-order valence-corrected chi connectivity index (χ4v) is 2.06. The smallest absolute Gasteiger partial charge is 0.276 e. The summed E-state index contributed by atoms with van der Waals surface area (Å²) in [5.41, 5.74) is 2.12. The number of anilines is 2. The molecule has 0 bridgehead atoms. The highest BCUT2D eigenvalue weighted by molar-refractivity contribution is 6.03. The molecule has 0 spiro atoms. The standard InChI is InChI=1S/C17H22N4O/c1-4-5-12-21(3)16-11-10-15(19-20-16)17(22)18-14-9-7-6-8-13(14)2/h6-11H,4-5,12H2,1-3H3,(H,18,22). The number of nitrogens with zero attached hydrogens (tertiary/aromatic N) is 3. The number of para-hydroxylation sites is 1. The lowest BCUT2D eigenvalue weighted by molar-refractivity contribution is 0.102. The number of amides is 1. The Hall–Kier alpha value is -2.43. The van der Waals surface area contributed by atoms with Crippen LogP contribution in [0.2, 0.25) is 0 Å². The van der Waals surface area contributed by atoms with Crippen LogP contribution in [0.5, 0.6) is 0 Å². The molecule has 0 saturated heterocycles. The van der Waals surface area contributed by atoms with Crippen LogP contribution >= 0.6 is 0 Å². The molecular weight excluding hydrogens is 276 g/mol. The maximum atomic E-state index is 12.2. The van der Waals surface area contributed by atoms with Crippen molar-refractivity contribution >= 4 is 17.4 Å². The van der Waals surface area contributed by atoms with Crippen molar-refractivity contribution in [3.8, 4) is 0 Å². The van der Waals surface area contributed by atoms with E-state index in [1.807, 2.05) is 49.2 Å². The molecule has 22 heavy (non-hydrogen) atoms. The first-order valence-corrected chi connectivity index (χ1v) is 7.53. The van der Waals surface area contributed by atoms with Crippen molar-refractivity contribution in [1.82, 2.24) is 10.2 Å². The second-order valence-corrected chi connectivity index (χ2v) is 5.32. The monoisotopic (exact) mass is 298 g/mol. The van der Waals surface area contributed by atoms with E-state index in [1.165, 1.54) is 0 Å². The van der Waals surface area contributed by atoms with Crippen molar-refractivity contribution in [2.24, 2.45) is 0 Å². The van der Waals surface area contributed by atoms with E-state index < -0.39 is 0 Å². The van der Waals surface area contributed by atoms with E-state index in [2.05, 4.69) is 22.4 Å². The van der Waals surface area contributed by atoms with Gasteiger partial charge in [-0.2, -0.15) is 0 Å². The fourth-order valence-electron chi connectivity index (χ4n) is 2.06. The first kappa shape index (κ1) is 15.9. The predicted molar refractivity (Wildman–Crippen MR) is 89.3 cm³/mol. The van der Waals surface area contributed by atoms with Crippen LogP contribution in [0.4, 0.5) is 11.5 Å². The number of aryl methyl sites for hydroxylation is 1. The normalized spacial score (nSPS) is 10.3. The van der Waals surface area contributed by atoms with E-state index in [4.69, 9.17) is 0 Å². The molecule has 0 saturated carbocycles. The Morgan fingerprint density at radius 1 is 1.18 bits per heavy atom. The molecule has 116 valence electrons. The van der Waals surface area contributed by atoms with Gasteiger partial charge in [0, 0.05) is 19.3 Å². The lowest BCUT2D eigenvalue weighted by Gasteiger charge is -2.16. The van der Waals surface area contributed by atoms with Crippen LogP contribution in [0.15, 0.2) is 36.4 Å². The van der Waals surface area contributed by atoms with Gasteiger partial charge in [-0.05, 0) is 37.1 Å². The van der Waals surface area contributed by atoms with Crippen LogP contribution in [-0.4, -0.2) is 29.7 Å². The number of benzene rings is 1. The van der Waals surface area contributed by atoms with Gasteiger partial charge in [0.15, 0.2) is 11.5 Å². The van der Waals surface area contributed by atoms with Crippen molar-refractivity contribution in [1.29, 1.82) is 0 Å². The maximum Gasteiger partial charge on any atom is 0.276 e. The minimum Gasteiger partial charge on any atom is -0.358 e. The Balaban J connectivity index is 2.04. The highest BCUT2D eigenvalue weighted by atomic mass is 16.1. The van der Waals surface area contributed by atoms with E-state index in [1.54, 1.807) is 6.07 Å². The zero-order valence-corrected chi connectivity index (χ0v) is 13.3. The summed E-state index contributed by atoms with van der Waals surface area (Å²) in [5, 5.41) is 11.0. The molecule has 5 heteroatoms. The molecule has 1 aromatic carbocycles. The molecule has 1 N–H and O–H groups in total. The molecule has 0 aliphatic carbocycles. The summed E-state index contributed by atoms with van der Waals surface area (Å²) >= 11 is 0. The number of aromatic nitrogens is 2.